The van der Waals surface area contributed by atoms with E-state index < -0.39 is 11.8 Å². The van der Waals surface area contributed by atoms with Crippen LogP contribution in [0.1, 0.15) is 26.3 Å². The summed E-state index contributed by atoms with van der Waals surface area (Å²) >= 11 is 0. The molecule has 3 rings (SSSR count). The Labute approximate surface area is 146 Å². The number of phenols is 1. The molecule has 0 unspecified atom stereocenters. The van der Waals surface area contributed by atoms with Crippen LogP contribution in [0.4, 0.5) is 11.4 Å². The second-order valence-electron chi connectivity index (χ2n) is 4.57. The Balaban J connectivity index is 0.00000161. The first-order valence-corrected chi connectivity index (χ1v) is 6.00. The van der Waals surface area contributed by atoms with E-state index in [9.17, 15) is 14.7 Å². The van der Waals surface area contributed by atoms with Crippen LogP contribution in [0, 0.1) is 13.0 Å². The van der Waals surface area contributed by atoms with Gasteiger partial charge in [0, 0.05) is 38.5 Å². The first-order valence-electron chi connectivity index (χ1n) is 6.00. The minimum absolute atomic E-state index is 0. The second kappa shape index (κ2) is 5.58. The number of aryl methyl sites for hydroxylation is 1. The number of nitrogen functional groups attached to an aromatic ring is 1. The zero-order valence-corrected chi connectivity index (χ0v) is 14.1. The third-order valence-electron chi connectivity index (χ3n) is 3.33. The van der Waals surface area contributed by atoms with Crippen molar-refractivity contribution in [1.29, 1.82) is 0 Å². The maximum absolute atomic E-state index is 12.4. The van der Waals surface area contributed by atoms with Gasteiger partial charge in [-0.15, -0.1) is 11.6 Å². The Morgan fingerprint density at radius 2 is 1.67 bits per heavy atom. The number of hydrogen-bond acceptors (Lipinski definition) is 4. The molecule has 2 aromatic carbocycles. The summed E-state index contributed by atoms with van der Waals surface area (Å²) in [5.41, 5.74) is 7.25. The Hall–Kier alpha value is -1.72. The number of imide groups is 1. The molecule has 103 valence electrons. The van der Waals surface area contributed by atoms with Gasteiger partial charge in [-0.25, -0.2) is 0 Å². The molecule has 2 aromatic rings. The molecular weight excluding hydrogens is 345 g/mol. The number of aromatic hydroxyl groups is 1. The maximum Gasteiger partial charge on any atom is 0.264 e. The van der Waals surface area contributed by atoms with Crippen LogP contribution in [0.15, 0.2) is 30.3 Å². The number of benzene rings is 2. The van der Waals surface area contributed by atoms with Crippen LogP contribution in [0.2, 0.25) is 0 Å². The van der Waals surface area contributed by atoms with Crippen molar-refractivity contribution in [2.45, 2.75) is 6.92 Å². The molecule has 5 nitrogen and oxygen atoms in total. The molecule has 0 aliphatic carbocycles. The molecule has 0 saturated heterocycles. The van der Waals surface area contributed by atoms with Gasteiger partial charge in [-0.3, -0.25) is 14.5 Å². The van der Waals surface area contributed by atoms with E-state index in [0.717, 1.165) is 4.90 Å². The number of anilines is 2. The van der Waals surface area contributed by atoms with E-state index in [2.05, 4.69) is 6.07 Å². The summed E-state index contributed by atoms with van der Waals surface area (Å²) in [6, 6.07) is 10.6. The summed E-state index contributed by atoms with van der Waals surface area (Å²) in [4.78, 5) is 25.8. The second-order valence-corrected chi connectivity index (χ2v) is 4.57. The van der Waals surface area contributed by atoms with Crippen LogP contribution in [0.5, 0.6) is 5.75 Å². The zero-order chi connectivity index (χ0) is 14.4. The van der Waals surface area contributed by atoms with Crippen LogP contribution in [0.25, 0.3) is 0 Å². The standard InChI is InChI=1S/C15H11N2O3.Y/c1-8-6-7-11(18)12(16)13(8)17-14(19)9-4-2-3-5-10(9)15(17)20;/h2-6,18H,16H2,1H3;/q-1;. The SMILES string of the molecule is Cc1c[c-]c(O)c(N)c1N1C(=O)c2ccccc2C1=O.[Y]. The molecule has 2 amide bonds. The largest absolute Gasteiger partial charge is 0.532 e. The number of rotatable bonds is 1. The van der Waals surface area contributed by atoms with E-state index in [0.29, 0.717) is 16.7 Å². The van der Waals surface area contributed by atoms with Gasteiger partial charge in [0.15, 0.2) is 0 Å². The molecule has 6 heteroatoms. The normalized spacial score (nSPS) is 13.1. The number of nitrogens with zero attached hydrogens (tertiary/aromatic N) is 1. The minimum Gasteiger partial charge on any atom is -0.532 e. The Kier molecular flexibility index (Phi) is 4.16. The predicted octanol–water partition coefficient (Wildman–Crippen LogP) is 1.88. The predicted molar refractivity (Wildman–Crippen MR) is 73.7 cm³/mol. The Morgan fingerprint density at radius 3 is 2.19 bits per heavy atom. The first-order chi connectivity index (χ1) is 9.52. The van der Waals surface area contributed by atoms with Gasteiger partial charge in [-0.2, -0.15) is 6.07 Å². The molecule has 1 aliphatic rings. The fourth-order valence-corrected chi connectivity index (χ4v) is 2.34. The van der Waals surface area contributed by atoms with Crippen LogP contribution < -0.4 is 10.6 Å². The third kappa shape index (κ3) is 2.26. The number of fused-ring (bicyclic) bond motifs is 1. The molecule has 1 aliphatic heterocycles. The fraction of sp³-hybridized carbons (Fsp3) is 0.0667. The van der Waals surface area contributed by atoms with Gasteiger partial charge < -0.3 is 10.8 Å². The van der Waals surface area contributed by atoms with Gasteiger partial charge in [0.1, 0.15) is 0 Å². The molecule has 0 aromatic heterocycles. The molecular formula is C15H11N2O3Y-. The van der Waals surface area contributed by atoms with Crippen molar-refractivity contribution < 1.29 is 47.4 Å². The van der Waals surface area contributed by atoms with Crippen molar-refractivity contribution in [1.82, 2.24) is 0 Å². The van der Waals surface area contributed by atoms with Gasteiger partial charge in [-0.1, -0.05) is 19.1 Å². The number of amides is 2. The smallest absolute Gasteiger partial charge is 0.264 e. The number of phenolic OH excluding ortho intramolecular Hbond substituents is 1. The van der Waals surface area contributed by atoms with Crippen molar-refractivity contribution >= 4 is 23.2 Å². The van der Waals surface area contributed by atoms with E-state index in [4.69, 9.17) is 5.73 Å². The summed E-state index contributed by atoms with van der Waals surface area (Å²) in [5.74, 6) is -1.15. The fourth-order valence-electron chi connectivity index (χ4n) is 2.34. The van der Waals surface area contributed by atoms with Crippen LogP contribution in [-0.4, -0.2) is 16.9 Å². The first kappa shape index (κ1) is 15.7. The van der Waals surface area contributed by atoms with E-state index in [1.807, 2.05) is 0 Å². The van der Waals surface area contributed by atoms with Gasteiger partial charge in [0.05, 0.1) is 11.1 Å². The van der Waals surface area contributed by atoms with E-state index in [1.165, 1.54) is 6.07 Å². The minimum atomic E-state index is -0.439. The topological polar surface area (TPSA) is 83.6 Å². The number of hydrogen-bond donors (Lipinski definition) is 2. The average Bonchev–Trinajstić information content (AvgIpc) is 2.69. The van der Waals surface area contributed by atoms with Gasteiger partial charge in [0.2, 0.25) is 0 Å². The molecule has 1 radical (unpaired) electrons. The molecule has 0 bridgehead atoms. The summed E-state index contributed by atoms with van der Waals surface area (Å²) in [7, 11) is 0. The number of carbonyl (C=O) groups is 2. The van der Waals surface area contributed by atoms with Crippen molar-refractivity contribution in [3.05, 3.63) is 53.1 Å². The quantitative estimate of drug-likeness (QED) is 0.354. The van der Waals surface area contributed by atoms with Crippen LogP contribution >= 0.6 is 0 Å². The maximum atomic E-state index is 12.4. The molecule has 0 atom stereocenters. The Bertz CT molecular complexity index is 724. The monoisotopic (exact) mass is 356 g/mol. The van der Waals surface area contributed by atoms with E-state index in [1.54, 1.807) is 31.2 Å². The zero-order valence-electron chi connectivity index (χ0n) is 11.3. The van der Waals surface area contributed by atoms with E-state index >= 15 is 0 Å². The average molecular weight is 356 g/mol. The summed E-state index contributed by atoms with van der Waals surface area (Å²) in [5, 5.41) is 9.64. The Morgan fingerprint density at radius 1 is 1.14 bits per heavy atom. The molecule has 0 fully saturated rings. The molecule has 21 heavy (non-hydrogen) atoms. The van der Waals surface area contributed by atoms with Crippen LogP contribution in [0.3, 0.4) is 0 Å². The molecule has 0 spiro atoms. The molecule has 0 saturated carbocycles. The van der Waals surface area contributed by atoms with Gasteiger partial charge >= 0.3 is 0 Å². The summed E-state index contributed by atoms with van der Waals surface area (Å²) in [6.45, 7) is 1.70. The third-order valence-corrected chi connectivity index (χ3v) is 3.33. The van der Waals surface area contributed by atoms with Crippen molar-refractivity contribution in [3.8, 4) is 5.75 Å². The summed E-state index contributed by atoms with van der Waals surface area (Å²) < 4.78 is 0. The molecule has 3 N–H and O–H groups in total. The number of carbonyl (C=O) groups excluding carboxylic acids is 2. The van der Waals surface area contributed by atoms with Crippen molar-refractivity contribution in [2.75, 3.05) is 10.6 Å². The van der Waals surface area contributed by atoms with Crippen LogP contribution in [-0.2, 0) is 32.7 Å². The number of nitrogens with two attached hydrogens (primary N) is 1. The van der Waals surface area contributed by atoms with Crippen molar-refractivity contribution in [2.24, 2.45) is 0 Å². The molecule has 1 heterocycles. The van der Waals surface area contributed by atoms with Crippen molar-refractivity contribution in [3.63, 3.8) is 0 Å². The van der Waals surface area contributed by atoms with Gasteiger partial charge in [-0.05, 0) is 23.5 Å². The summed E-state index contributed by atoms with van der Waals surface area (Å²) in [6.07, 6.45) is 0. The van der Waals surface area contributed by atoms with Gasteiger partial charge in [0.25, 0.3) is 11.8 Å². The van der Waals surface area contributed by atoms with E-state index in [-0.39, 0.29) is 49.8 Å².